The molecule has 0 fully saturated rings. The van der Waals surface area contributed by atoms with Gasteiger partial charge < -0.3 is 9.15 Å². The number of furan rings is 1. The van der Waals surface area contributed by atoms with Gasteiger partial charge in [0.2, 0.25) is 14.9 Å². The van der Waals surface area contributed by atoms with Crippen LogP contribution in [0.15, 0.2) is 63.5 Å². The summed E-state index contributed by atoms with van der Waals surface area (Å²) in [6, 6.07) is 10.3. The number of hydrazone groups is 1. The molecule has 0 radical (unpaired) electrons. The smallest absolute Gasteiger partial charge is 0.218 e. The molecule has 3 heterocycles. The van der Waals surface area contributed by atoms with Crippen LogP contribution in [0.3, 0.4) is 0 Å². The molecule has 0 spiro atoms. The van der Waals surface area contributed by atoms with Gasteiger partial charge in [-0.2, -0.15) is 10.2 Å². The average molecular weight is 412 g/mol. The summed E-state index contributed by atoms with van der Waals surface area (Å²) in [6.07, 6.45) is 5.45. The molecule has 148 valence electrons. The van der Waals surface area contributed by atoms with Crippen LogP contribution in [0, 0.1) is 0 Å². The van der Waals surface area contributed by atoms with Gasteiger partial charge in [0.1, 0.15) is 17.8 Å². The van der Waals surface area contributed by atoms with Crippen LogP contribution < -0.4 is 10.2 Å². The monoisotopic (exact) mass is 412 g/mol. The number of fused-ring (bicyclic) bond motifs is 1. The molecule has 3 aromatic heterocycles. The molecule has 11 heteroatoms. The number of nitrogens with one attached hydrogen (secondary N) is 1. The summed E-state index contributed by atoms with van der Waals surface area (Å²) in [6.45, 7) is 0. The van der Waals surface area contributed by atoms with Crippen LogP contribution in [-0.2, 0) is 9.84 Å². The lowest BCUT2D eigenvalue weighted by atomic mass is 10.3. The molecule has 29 heavy (non-hydrogen) atoms. The van der Waals surface area contributed by atoms with Crippen molar-refractivity contribution < 1.29 is 17.6 Å². The maximum atomic E-state index is 11.5. The molecule has 1 aromatic carbocycles. The number of nitrogens with zero attached hydrogens (tertiary/aromatic N) is 5. The van der Waals surface area contributed by atoms with Gasteiger partial charge in [-0.25, -0.2) is 23.1 Å². The van der Waals surface area contributed by atoms with Crippen molar-refractivity contribution in [1.29, 1.82) is 0 Å². The predicted octanol–water partition coefficient (Wildman–Crippen LogP) is 2.27. The fraction of sp³-hybridized carbons (Fsp3) is 0.111. The van der Waals surface area contributed by atoms with E-state index >= 15 is 0 Å². The van der Waals surface area contributed by atoms with E-state index in [4.69, 9.17) is 9.15 Å². The highest BCUT2D eigenvalue weighted by Gasteiger charge is 2.13. The Labute approximate surface area is 165 Å². The van der Waals surface area contributed by atoms with Crippen molar-refractivity contribution in [2.75, 3.05) is 18.8 Å². The number of anilines is 1. The van der Waals surface area contributed by atoms with Gasteiger partial charge in [0.05, 0.1) is 30.6 Å². The Bertz CT molecular complexity index is 1310. The Morgan fingerprint density at radius 1 is 1.24 bits per heavy atom. The zero-order valence-electron chi connectivity index (χ0n) is 15.5. The lowest BCUT2D eigenvalue weighted by Crippen LogP contribution is -2.00. The Hall–Kier alpha value is -3.73. The standard InChI is InChI=1S/C18H16N6O4S/c1-27-13-5-3-4-12(8-13)24-18-15(10-22-24)17(19-11-20-18)23-21-9-14-6-7-16(28-14)29(2,25)26/h3-11H,1-2H3,(H,19,20,23)/b21-9+. The number of rotatable bonds is 6. The van der Waals surface area contributed by atoms with Crippen molar-refractivity contribution >= 4 is 32.9 Å². The minimum absolute atomic E-state index is 0.122. The van der Waals surface area contributed by atoms with Crippen LogP contribution in [-0.4, -0.2) is 47.7 Å². The van der Waals surface area contributed by atoms with Crippen molar-refractivity contribution in [3.8, 4) is 11.4 Å². The molecule has 0 atom stereocenters. The molecule has 0 aliphatic heterocycles. The molecular weight excluding hydrogens is 396 g/mol. The van der Waals surface area contributed by atoms with E-state index in [2.05, 4.69) is 25.6 Å². The highest BCUT2D eigenvalue weighted by molar-refractivity contribution is 7.90. The third-order valence-electron chi connectivity index (χ3n) is 3.99. The molecule has 0 unspecified atom stereocenters. The number of sulfone groups is 1. The summed E-state index contributed by atoms with van der Waals surface area (Å²) in [5, 5.41) is 8.97. The third-order valence-corrected chi connectivity index (χ3v) is 4.94. The number of ether oxygens (including phenoxy) is 1. The molecule has 0 saturated heterocycles. The minimum Gasteiger partial charge on any atom is -0.497 e. The maximum Gasteiger partial charge on any atom is 0.218 e. The van der Waals surface area contributed by atoms with Crippen LogP contribution in [0.1, 0.15) is 5.76 Å². The highest BCUT2D eigenvalue weighted by atomic mass is 32.2. The van der Waals surface area contributed by atoms with Gasteiger partial charge in [-0.05, 0) is 24.3 Å². The summed E-state index contributed by atoms with van der Waals surface area (Å²) in [4.78, 5) is 8.48. The first-order chi connectivity index (χ1) is 14.0. The number of benzene rings is 1. The number of hydrogen-bond donors (Lipinski definition) is 1. The van der Waals surface area contributed by atoms with E-state index in [9.17, 15) is 8.42 Å². The number of aromatic nitrogens is 4. The molecular formula is C18H16N6O4S. The van der Waals surface area contributed by atoms with E-state index in [1.165, 1.54) is 24.7 Å². The van der Waals surface area contributed by atoms with Gasteiger partial charge >= 0.3 is 0 Å². The lowest BCUT2D eigenvalue weighted by Gasteiger charge is -2.06. The molecule has 10 nitrogen and oxygen atoms in total. The lowest BCUT2D eigenvalue weighted by molar-refractivity contribution is 0.414. The van der Waals surface area contributed by atoms with Crippen molar-refractivity contribution in [1.82, 2.24) is 19.7 Å². The second kappa shape index (κ2) is 7.36. The first-order valence-corrected chi connectivity index (χ1v) is 10.3. The molecule has 0 aliphatic carbocycles. The van der Waals surface area contributed by atoms with Gasteiger partial charge in [-0.1, -0.05) is 6.07 Å². The van der Waals surface area contributed by atoms with Crippen molar-refractivity contribution in [2.24, 2.45) is 5.10 Å². The molecule has 0 saturated carbocycles. The number of methoxy groups -OCH3 is 1. The fourth-order valence-electron chi connectivity index (χ4n) is 2.62. The Morgan fingerprint density at radius 2 is 2.10 bits per heavy atom. The Morgan fingerprint density at radius 3 is 2.86 bits per heavy atom. The second-order valence-corrected chi connectivity index (χ2v) is 7.96. The summed E-state index contributed by atoms with van der Waals surface area (Å²) < 4.78 is 35.1. The summed E-state index contributed by atoms with van der Waals surface area (Å²) in [5.41, 5.74) is 4.18. The quantitative estimate of drug-likeness (QED) is 0.378. The van der Waals surface area contributed by atoms with Crippen molar-refractivity contribution in [3.05, 3.63) is 54.7 Å². The SMILES string of the molecule is COc1cccc(-n2ncc3c(N/N=C/c4ccc(S(C)(=O)=O)o4)ncnc32)c1. The van der Waals surface area contributed by atoms with E-state index in [0.29, 0.717) is 22.6 Å². The molecule has 0 aliphatic rings. The van der Waals surface area contributed by atoms with Gasteiger partial charge in [0.25, 0.3) is 0 Å². The highest BCUT2D eigenvalue weighted by Crippen LogP contribution is 2.23. The first kappa shape index (κ1) is 18.6. The van der Waals surface area contributed by atoms with Gasteiger partial charge in [-0.3, -0.25) is 5.43 Å². The zero-order chi connectivity index (χ0) is 20.4. The first-order valence-electron chi connectivity index (χ1n) is 8.38. The predicted molar refractivity (Wildman–Crippen MR) is 106 cm³/mol. The van der Waals surface area contributed by atoms with Crippen molar-refractivity contribution in [2.45, 2.75) is 5.09 Å². The topological polar surface area (TPSA) is 124 Å². The largest absolute Gasteiger partial charge is 0.497 e. The average Bonchev–Trinajstić information content (AvgIpc) is 3.35. The molecule has 1 N–H and O–H groups in total. The molecule has 4 rings (SSSR count). The second-order valence-electron chi connectivity index (χ2n) is 6.02. The van der Waals surface area contributed by atoms with Crippen LogP contribution in [0.2, 0.25) is 0 Å². The number of hydrogen-bond acceptors (Lipinski definition) is 9. The van der Waals surface area contributed by atoms with Gasteiger partial charge in [-0.15, -0.1) is 0 Å². The normalized spacial score (nSPS) is 11.9. The van der Waals surface area contributed by atoms with Gasteiger partial charge in [0.15, 0.2) is 11.5 Å². The van der Waals surface area contributed by atoms with E-state index in [1.54, 1.807) is 18.0 Å². The minimum atomic E-state index is -3.41. The maximum absolute atomic E-state index is 11.5. The van der Waals surface area contributed by atoms with Crippen LogP contribution >= 0.6 is 0 Å². The van der Waals surface area contributed by atoms with E-state index in [0.717, 1.165) is 11.9 Å². The summed E-state index contributed by atoms with van der Waals surface area (Å²) in [5.74, 6) is 1.43. The molecule has 4 aromatic rings. The van der Waals surface area contributed by atoms with Crippen LogP contribution in [0.25, 0.3) is 16.7 Å². The van der Waals surface area contributed by atoms with Crippen LogP contribution in [0.4, 0.5) is 5.82 Å². The van der Waals surface area contributed by atoms with E-state index in [-0.39, 0.29) is 10.9 Å². The van der Waals surface area contributed by atoms with Crippen molar-refractivity contribution in [3.63, 3.8) is 0 Å². The van der Waals surface area contributed by atoms with E-state index in [1.807, 2.05) is 24.3 Å². The summed E-state index contributed by atoms with van der Waals surface area (Å²) >= 11 is 0. The van der Waals surface area contributed by atoms with Gasteiger partial charge in [0, 0.05) is 12.3 Å². The third kappa shape index (κ3) is 3.80. The molecule has 0 amide bonds. The fourth-order valence-corrected chi connectivity index (χ4v) is 3.19. The van der Waals surface area contributed by atoms with Crippen LogP contribution in [0.5, 0.6) is 5.75 Å². The van der Waals surface area contributed by atoms with E-state index < -0.39 is 9.84 Å². The zero-order valence-corrected chi connectivity index (χ0v) is 16.3. The Kier molecular flexibility index (Phi) is 4.72. The molecule has 0 bridgehead atoms. The summed E-state index contributed by atoms with van der Waals surface area (Å²) in [7, 11) is -1.81. The Balaban J connectivity index is 1.60.